The van der Waals surface area contributed by atoms with E-state index in [2.05, 4.69) is 10.6 Å². The molecule has 0 saturated carbocycles. The first-order valence-corrected chi connectivity index (χ1v) is 10.3. The minimum Gasteiger partial charge on any atom is -0.445 e. The molecule has 7 heteroatoms. The average molecular weight is 430 g/mol. The topological polar surface area (TPSA) is 84.5 Å². The number of ether oxygens (including phenoxy) is 1. The van der Waals surface area contributed by atoms with E-state index in [9.17, 15) is 18.8 Å². The van der Waals surface area contributed by atoms with Crippen LogP contribution in [0.2, 0.25) is 0 Å². The number of hydrogen-bond donors (Lipinski definition) is 2. The molecule has 0 aromatic heterocycles. The summed E-state index contributed by atoms with van der Waals surface area (Å²) in [5, 5.41) is 5.17. The molecule has 0 aliphatic carbocycles. The molecule has 0 fully saturated rings. The summed E-state index contributed by atoms with van der Waals surface area (Å²) >= 11 is 0. The lowest BCUT2D eigenvalue weighted by atomic mass is 10.00. The van der Waals surface area contributed by atoms with Crippen LogP contribution in [0, 0.1) is 5.92 Å². The number of carbonyl (C=O) groups is 3. The molecule has 0 radical (unpaired) electrons. The third-order valence-corrected chi connectivity index (χ3v) is 4.65. The zero-order valence-electron chi connectivity index (χ0n) is 17.8. The van der Waals surface area contributed by atoms with Gasteiger partial charge in [0.2, 0.25) is 5.91 Å². The summed E-state index contributed by atoms with van der Waals surface area (Å²) < 4.78 is 18.3. The van der Waals surface area contributed by atoms with E-state index in [0.29, 0.717) is 6.42 Å². The van der Waals surface area contributed by atoms with Gasteiger partial charge in [-0.05, 0) is 29.9 Å². The number of Topliss-reactive ketones (excluding diaryl/α,β-unsaturated/α-hetero) is 1. The van der Waals surface area contributed by atoms with Crippen LogP contribution in [0.15, 0.2) is 60.7 Å². The van der Waals surface area contributed by atoms with Gasteiger partial charge in [-0.15, -0.1) is 0 Å². The van der Waals surface area contributed by atoms with Crippen LogP contribution >= 0.6 is 0 Å². The third kappa shape index (κ3) is 8.58. The Kier molecular flexibility index (Phi) is 9.68. The van der Waals surface area contributed by atoms with Crippen molar-refractivity contribution in [2.24, 2.45) is 5.92 Å². The van der Waals surface area contributed by atoms with Gasteiger partial charge in [0.15, 0.2) is 5.78 Å². The molecule has 0 aliphatic heterocycles. The van der Waals surface area contributed by atoms with Gasteiger partial charge >= 0.3 is 6.09 Å². The number of rotatable bonds is 11. The van der Waals surface area contributed by atoms with Crippen LogP contribution in [0.5, 0.6) is 0 Å². The fourth-order valence-electron chi connectivity index (χ4n) is 3.07. The van der Waals surface area contributed by atoms with E-state index < -0.39 is 36.5 Å². The van der Waals surface area contributed by atoms with E-state index >= 15 is 0 Å². The van der Waals surface area contributed by atoms with Crippen molar-refractivity contribution < 1.29 is 23.5 Å². The van der Waals surface area contributed by atoms with E-state index in [1.54, 1.807) is 24.3 Å². The molecule has 0 heterocycles. The Morgan fingerprint density at radius 2 is 1.55 bits per heavy atom. The molecule has 2 rings (SSSR count). The predicted octanol–water partition coefficient (Wildman–Crippen LogP) is 3.59. The molecule has 0 saturated heterocycles. The summed E-state index contributed by atoms with van der Waals surface area (Å²) in [5.41, 5.74) is 1.62. The lowest BCUT2D eigenvalue weighted by Crippen LogP contribution is -2.53. The van der Waals surface area contributed by atoms with E-state index in [-0.39, 0.29) is 18.9 Å². The summed E-state index contributed by atoms with van der Waals surface area (Å²) in [6.45, 7) is 2.70. The quantitative estimate of drug-likeness (QED) is 0.571. The van der Waals surface area contributed by atoms with Gasteiger partial charge in [-0.25, -0.2) is 9.18 Å². The largest absolute Gasteiger partial charge is 0.445 e. The maximum Gasteiger partial charge on any atom is 0.408 e. The summed E-state index contributed by atoms with van der Waals surface area (Å²) in [6, 6.07) is 16.3. The summed E-state index contributed by atoms with van der Waals surface area (Å²) in [5.74, 6) is -1.17. The van der Waals surface area contributed by atoms with Gasteiger partial charge in [0.05, 0.1) is 6.04 Å². The molecule has 6 nitrogen and oxygen atoms in total. The smallest absolute Gasteiger partial charge is 0.408 e. The number of benzene rings is 2. The van der Waals surface area contributed by atoms with Crippen molar-refractivity contribution in [3.05, 3.63) is 71.8 Å². The van der Waals surface area contributed by atoms with Crippen LogP contribution in [-0.4, -0.2) is 36.5 Å². The van der Waals surface area contributed by atoms with Crippen molar-refractivity contribution in [3.8, 4) is 0 Å². The highest BCUT2D eigenvalue weighted by Gasteiger charge is 2.27. The monoisotopic (exact) mass is 430 g/mol. The number of hydrogen-bond acceptors (Lipinski definition) is 4. The summed E-state index contributed by atoms with van der Waals surface area (Å²) in [7, 11) is 0. The van der Waals surface area contributed by atoms with E-state index in [1.807, 2.05) is 50.2 Å². The van der Waals surface area contributed by atoms with Gasteiger partial charge in [-0.2, -0.15) is 0 Å². The normalized spacial score (nSPS) is 12.6. The Morgan fingerprint density at radius 3 is 2.13 bits per heavy atom. The van der Waals surface area contributed by atoms with E-state index in [4.69, 9.17) is 4.74 Å². The molecule has 2 aromatic carbocycles. The molecular formula is C24H29FN2O4. The van der Waals surface area contributed by atoms with Gasteiger partial charge in [-0.1, -0.05) is 74.5 Å². The standard InChI is InChI=1S/C24H29FN2O4/c1-17(2)13-21(27-24(30)31-16-19-11-7-4-8-12-19)23(29)26-20(22(28)15-25)14-18-9-5-3-6-10-18/h3-12,17,20-21H,13-16H2,1-2H3,(H,26,29)(H,27,30)/t20?,21-/m0/s1/i16+2. The van der Waals surface area contributed by atoms with Gasteiger partial charge in [-0.3, -0.25) is 9.59 Å². The number of alkyl carbamates (subject to hydrolysis) is 1. The average Bonchev–Trinajstić information content (AvgIpc) is 2.77. The molecule has 0 bridgehead atoms. The SMILES string of the molecule is CC(C)C[C@H](NC(=O)O[14CH2]c1ccccc1)C(=O)NC(Cc1ccccc1)C(=O)CF. The minimum absolute atomic E-state index is 0.0691. The van der Waals surface area contributed by atoms with Crippen molar-refractivity contribution in [1.29, 1.82) is 0 Å². The molecule has 0 aliphatic rings. The van der Waals surface area contributed by atoms with Gasteiger partial charge < -0.3 is 15.4 Å². The first kappa shape index (κ1) is 24.1. The maximum atomic E-state index is 13.1. The van der Waals surface area contributed by atoms with Crippen LogP contribution < -0.4 is 10.6 Å². The van der Waals surface area contributed by atoms with Crippen LogP contribution in [0.3, 0.4) is 0 Å². The molecule has 2 atom stereocenters. The third-order valence-electron chi connectivity index (χ3n) is 4.65. The number of halogens is 1. The first-order chi connectivity index (χ1) is 14.9. The number of amides is 2. The van der Waals surface area contributed by atoms with E-state index in [1.165, 1.54) is 0 Å². The van der Waals surface area contributed by atoms with E-state index in [0.717, 1.165) is 11.1 Å². The molecule has 2 aromatic rings. The lowest BCUT2D eigenvalue weighted by Gasteiger charge is -2.23. The number of alkyl halides is 1. The number of ketones is 1. The van der Waals surface area contributed by atoms with Gasteiger partial charge in [0.25, 0.3) is 0 Å². The minimum atomic E-state index is -1.18. The van der Waals surface area contributed by atoms with Crippen LogP contribution in [0.25, 0.3) is 0 Å². The Hall–Kier alpha value is -3.22. The number of nitrogens with one attached hydrogen (secondary N) is 2. The molecule has 0 spiro atoms. The fourth-order valence-corrected chi connectivity index (χ4v) is 3.07. The molecule has 31 heavy (non-hydrogen) atoms. The van der Waals surface area contributed by atoms with Crippen LogP contribution in [0.1, 0.15) is 31.4 Å². The second kappa shape index (κ2) is 12.5. The highest BCUT2D eigenvalue weighted by molar-refractivity contribution is 5.92. The van der Waals surface area contributed by atoms with Crippen molar-refractivity contribution in [1.82, 2.24) is 10.6 Å². The highest BCUT2D eigenvalue weighted by atomic mass is 19.1. The second-order valence-corrected chi connectivity index (χ2v) is 7.74. The zero-order valence-corrected chi connectivity index (χ0v) is 17.8. The van der Waals surface area contributed by atoms with Crippen molar-refractivity contribution in [2.75, 3.05) is 6.67 Å². The van der Waals surface area contributed by atoms with Crippen molar-refractivity contribution >= 4 is 17.8 Å². The second-order valence-electron chi connectivity index (χ2n) is 7.74. The number of carbonyl (C=O) groups excluding carboxylic acids is 3. The molecular weight excluding hydrogens is 401 g/mol. The molecule has 1 unspecified atom stereocenters. The van der Waals surface area contributed by atoms with Gasteiger partial charge in [0, 0.05) is 0 Å². The maximum absolute atomic E-state index is 13.1. The van der Waals surface area contributed by atoms with Crippen LogP contribution in [0.4, 0.5) is 9.18 Å². The Morgan fingerprint density at radius 1 is 0.935 bits per heavy atom. The predicted molar refractivity (Wildman–Crippen MR) is 116 cm³/mol. The zero-order chi connectivity index (χ0) is 22.6. The van der Waals surface area contributed by atoms with Crippen molar-refractivity contribution in [3.63, 3.8) is 0 Å². The Bertz CT molecular complexity index is 843. The molecule has 166 valence electrons. The Balaban J connectivity index is 2.01. The first-order valence-electron chi connectivity index (χ1n) is 10.3. The van der Waals surface area contributed by atoms with Crippen LogP contribution in [-0.2, 0) is 27.4 Å². The fraction of sp³-hybridized carbons (Fsp3) is 0.375. The summed E-state index contributed by atoms with van der Waals surface area (Å²) in [4.78, 5) is 37.2. The highest BCUT2D eigenvalue weighted by Crippen LogP contribution is 2.09. The van der Waals surface area contributed by atoms with Crippen molar-refractivity contribution in [2.45, 2.75) is 45.4 Å². The molecule has 2 N–H and O–H groups in total. The molecule has 2 amide bonds. The summed E-state index contributed by atoms with van der Waals surface area (Å²) in [6.07, 6.45) is -0.225. The lowest BCUT2D eigenvalue weighted by molar-refractivity contribution is -0.129. The Labute approximate surface area is 182 Å². The van der Waals surface area contributed by atoms with Gasteiger partial charge in [0.1, 0.15) is 19.3 Å².